The minimum absolute atomic E-state index is 0.250. The van der Waals surface area contributed by atoms with Gasteiger partial charge in [-0.1, -0.05) is 39.5 Å². The lowest BCUT2D eigenvalue weighted by Gasteiger charge is -2.06. The summed E-state index contributed by atoms with van der Waals surface area (Å²) in [5.74, 6) is 0.915. The first kappa shape index (κ1) is 14.9. The molecule has 0 bridgehead atoms. The number of hydrogen-bond donors (Lipinski definition) is 2. The van der Waals surface area contributed by atoms with Gasteiger partial charge in [-0.3, -0.25) is 4.79 Å². The van der Waals surface area contributed by atoms with E-state index in [9.17, 15) is 0 Å². The van der Waals surface area contributed by atoms with Crippen molar-refractivity contribution in [2.24, 2.45) is 17.4 Å². The zero-order valence-electron chi connectivity index (χ0n) is 8.96. The maximum absolute atomic E-state index is 8.58. The highest BCUT2D eigenvalue weighted by molar-refractivity contribution is 5.42. The van der Waals surface area contributed by atoms with Gasteiger partial charge >= 0.3 is 0 Å². The summed E-state index contributed by atoms with van der Waals surface area (Å²) >= 11 is 0. The van der Waals surface area contributed by atoms with Crippen LogP contribution in [0.2, 0.25) is 0 Å². The molecule has 0 radical (unpaired) electrons. The van der Waals surface area contributed by atoms with Gasteiger partial charge in [-0.25, -0.2) is 0 Å². The van der Waals surface area contributed by atoms with Crippen molar-refractivity contribution >= 4 is 6.41 Å². The number of carbonyl (C=O) groups is 1. The molecule has 1 atom stereocenters. The van der Waals surface area contributed by atoms with Crippen LogP contribution >= 0.6 is 0 Å². The van der Waals surface area contributed by atoms with Crippen LogP contribution < -0.4 is 11.5 Å². The van der Waals surface area contributed by atoms with Gasteiger partial charge < -0.3 is 11.5 Å². The molecule has 13 heavy (non-hydrogen) atoms. The van der Waals surface area contributed by atoms with Gasteiger partial charge in [-0.2, -0.15) is 0 Å². The van der Waals surface area contributed by atoms with Crippen molar-refractivity contribution in [3.8, 4) is 0 Å². The van der Waals surface area contributed by atoms with Gasteiger partial charge in [0.1, 0.15) is 0 Å². The van der Waals surface area contributed by atoms with Crippen molar-refractivity contribution in [3.05, 3.63) is 0 Å². The Balaban J connectivity index is 0. The van der Waals surface area contributed by atoms with E-state index in [1.165, 1.54) is 32.1 Å². The summed E-state index contributed by atoms with van der Waals surface area (Å²) in [5.41, 5.74) is 9.54. The molecule has 0 aliphatic heterocycles. The van der Waals surface area contributed by atoms with Crippen molar-refractivity contribution in [3.63, 3.8) is 0 Å². The highest BCUT2D eigenvalue weighted by Crippen LogP contribution is 2.11. The van der Waals surface area contributed by atoms with Crippen LogP contribution in [-0.2, 0) is 4.79 Å². The van der Waals surface area contributed by atoms with E-state index in [2.05, 4.69) is 19.6 Å². The molecule has 80 valence electrons. The average molecular weight is 188 g/mol. The summed E-state index contributed by atoms with van der Waals surface area (Å²) in [4.78, 5) is 8.58. The topological polar surface area (TPSA) is 69.1 Å². The fourth-order valence-electron chi connectivity index (χ4n) is 1.02. The van der Waals surface area contributed by atoms with E-state index in [1.807, 2.05) is 0 Å². The summed E-state index contributed by atoms with van der Waals surface area (Å²) in [7, 11) is 0. The Morgan fingerprint density at radius 2 is 1.85 bits per heavy atom. The maximum Gasteiger partial charge on any atom is 0.204 e. The molecule has 1 amide bonds. The van der Waals surface area contributed by atoms with E-state index in [0.717, 1.165) is 12.5 Å². The monoisotopic (exact) mass is 188 g/mol. The Hall–Kier alpha value is -0.570. The zero-order valence-corrected chi connectivity index (χ0v) is 8.96. The molecule has 4 N–H and O–H groups in total. The molecule has 0 aliphatic rings. The highest BCUT2D eigenvalue weighted by atomic mass is 16.1. The van der Waals surface area contributed by atoms with Gasteiger partial charge in [-0.05, 0) is 18.9 Å². The van der Waals surface area contributed by atoms with Gasteiger partial charge in [0.15, 0.2) is 0 Å². The minimum atomic E-state index is 0.250. The van der Waals surface area contributed by atoms with Crippen LogP contribution in [-0.4, -0.2) is 13.0 Å². The van der Waals surface area contributed by atoms with E-state index in [0.29, 0.717) is 0 Å². The Kier molecular flexibility index (Phi) is 16.1. The minimum Gasteiger partial charge on any atom is -0.372 e. The van der Waals surface area contributed by atoms with Crippen LogP contribution in [0.4, 0.5) is 0 Å². The number of primary amides is 1. The summed E-state index contributed by atoms with van der Waals surface area (Å²) in [6.45, 7) is 5.44. The van der Waals surface area contributed by atoms with E-state index in [1.54, 1.807) is 0 Å². The SMILES string of the molecule is CC[C@H](C)CCCCCN.NC=O. The summed E-state index contributed by atoms with van der Waals surface area (Å²) in [6.07, 6.45) is 6.85. The quantitative estimate of drug-likeness (QED) is 0.491. The van der Waals surface area contributed by atoms with Gasteiger partial charge in [0, 0.05) is 0 Å². The Morgan fingerprint density at radius 1 is 1.31 bits per heavy atom. The Labute approximate surface area is 81.9 Å². The van der Waals surface area contributed by atoms with E-state index < -0.39 is 0 Å². The number of hydrogen-bond acceptors (Lipinski definition) is 2. The predicted octanol–water partition coefficient (Wildman–Crippen LogP) is 1.65. The molecule has 0 aromatic carbocycles. The molecule has 0 saturated heterocycles. The lowest BCUT2D eigenvalue weighted by molar-refractivity contribution is -0.106. The smallest absolute Gasteiger partial charge is 0.204 e. The summed E-state index contributed by atoms with van der Waals surface area (Å²) in [6, 6.07) is 0. The van der Waals surface area contributed by atoms with Crippen molar-refractivity contribution in [1.29, 1.82) is 0 Å². The molecule has 0 unspecified atom stereocenters. The number of rotatable bonds is 6. The Morgan fingerprint density at radius 3 is 2.23 bits per heavy atom. The van der Waals surface area contributed by atoms with Crippen LogP contribution in [0.1, 0.15) is 46.0 Å². The zero-order chi connectivity index (χ0) is 10.5. The van der Waals surface area contributed by atoms with Gasteiger partial charge in [0.05, 0.1) is 0 Å². The third kappa shape index (κ3) is 18.4. The second-order valence-electron chi connectivity index (χ2n) is 3.29. The van der Waals surface area contributed by atoms with Crippen LogP contribution in [0.5, 0.6) is 0 Å². The number of carbonyl (C=O) groups excluding carboxylic acids is 1. The third-order valence-electron chi connectivity index (χ3n) is 2.10. The molecule has 0 aromatic rings. The summed E-state index contributed by atoms with van der Waals surface area (Å²) in [5, 5.41) is 0. The summed E-state index contributed by atoms with van der Waals surface area (Å²) < 4.78 is 0. The largest absolute Gasteiger partial charge is 0.372 e. The van der Waals surface area contributed by atoms with Crippen molar-refractivity contribution in [2.45, 2.75) is 46.0 Å². The standard InChI is InChI=1S/C9H21N.CH3NO/c1-3-9(2)7-5-4-6-8-10;2-1-3/h9H,3-8,10H2,1-2H3;1H,(H2,2,3)/t9-;/m0./s1. The molecule has 0 spiro atoms. The molecule has 0 saturated carbocycles. The number of unbranched alkanes of at least 4 members (excludes halogenated alkanes) is 2. The first-order valence-corrected chi connectivity index (χ1v) is 5.08. The average Bonchev–Trinajstić information content (AvgIpc) is 2.13. The lowest BCUT2D eigenvalue weighted by atomic mass is 10.0. The van der Waals surface area contributed by atoms with Gasteiger partial charge in [0.25, 0.3) is 0 Å². The normalized spacial score (nSPS) is 11.3. The molecular formula is C10H24N2O. The van der Waals surface area contributed by atoms with Crippen molar-refractivity contribution < 1.29 is 4.79 Å². The molecule has 0 aromatic heterocycles. The van der Waals surface area contributed by atoms with E-state index >= 15 is 0 Å². The van der Waals surface area contributed by atoms with Crippen LogP contribution in [0, 0.1) is 5.92 Å². The van der Waals surface area contributed by atoms with E-state index in [4.69, 9.17) is 10.5 Å². The molecule has 0 rings (SSSR count). The highest BCUT2D eigenvalue weighted by Gasteiger charge is 1.96. The van der Waals surface area contributed by atoms with E-state index in [-0.39, 0.29) is 6.41 Å². The molecule has 3 nitrogen and oxygen atoms in total. The molecule has 0 fully saturated rings. The van der Waals surface area contributed by atoms with Crippen LogP contribution in [0.3, 0.4) is 0 Å². The third-order valence-corrected chi connectivity index (χ3v) is 2.10. The number of amides is 1. The molecule has 0 heterocycles. The first-order valence-electron chi connectivity index (χ1n) is 5.08. The maximum atomic E-state index is 8.58. The van der Waals surface area contributed by atoms with Crippen molar-refractivity contribution in [2.75, 3.05) is 6.54 Å². The first-order chi connectivity index (χ1) is 6.22. The van der Waals surface area contributed by atoms with Crippen molar-refractivity contribution in [1.82, 2.24) is 0 Å². The van der Waals surface area contributed by atoms with Gasteiger partial charge in [0.2, 0.25) is 6.41 Å². The molecule has 3 heteroatoms. The number of nitrogens with two attached hydrogens (primary N) is 2. The lowest BCUT2D eigenvalue weighted by Crippen LogP contribution is -1.98. The van der Waals surface area contributed by atoms with Gasteiger partial charge in [-0.15, -0.1) is 0 Å². The molecule has 0 aliphatic carbocycles. The Bertz CT molecular complexity index is 96.9. The fraction of sp³-hybridized carbons (Fsp3) is 0.900. The van der Waals surface area contributed by atoms with Crippen LogP contribution in [0.15, 0.2) is 0 Å². The predicted molar refractivity (Wildman–Crippen MR) is 57.2 cm³/mol. The molecular weight excluding hydrogens is 164 g/mol. The fourth-order valence-corrected chi connectivity index (χ4v) is 1.02. The second kappa shape index (κ2) is 14.0. The van der Waals surface area contributed by atoms with Crippen LogP contribution in [0.25, 0.3) is 0 Å². The second-order valence-corrected chi connectivity index (χ2v) is 3.29.